The van der Waals surface area contributed by atoms with Gasteiger partial charge in [0.1, 0.15) is 11.5 Å². The molecule has 3 rings (SSSR count). The fraction of sp³-hybridized carbons (Fsp3) is 0.333. The van der Waals surface area contributed by atoms with Gasteiger partial charge in [0.05, 0.1) is 14.2 Å². The van der Waals surface area contributed by atoms with Crippen LogP contribution >= 0.6 is 0 Å². The van der Waals surface area contributed by atoms with Gasteiger partial charge in [0.2, 0.25) is 0 Å². The third-order valence-electron chi connectivity index (χ3n) is 4.56. The average Bonchev–Trinajstić information content (AvgIpc) is 2.75. The van der Waals surface area contributed by atoms with E-state index in [1.54, 1.807) is 14.2 Å². The Morgan fingerprint density at radius 1 is 0.897 bits per heavy atom. The van der Waals surface area contributed by atoms with Gasteiger partial charge < -0.3 is 24.6 Å². The van der Waals surface area contributed by atoms with E-state index in [0.29, 0.717) is 0 Å². The van der Waals surface area contributed by atoms with Crippen LogP contribution in [0, 0.1) is 0 Å². The molecule has 29 heavy (non-hydrogen) atoms. The summed E-state index contributed by atoms with van der Waals surface area (Å²) in [5.41, 5.74) is 2.52. The largest absolute Gasteiger partial charge is 0.497 e. The first-order valence-electron chi connectivity index (χ1n) is 9.14. The highest BCUT2D eigenvalue weighted by molar-refractivity contribution is 6.27. The van der Waals surface area contributed by atoms with E-state index in [9.17, 15) is 0 Å². The van der Waals surface area contributed by atoms with Gasteiger partial charge in [0, 0.05) is 50.0 Å². The zero-order valence-corrected chi connectivity index (χ0v) is 16.6. The second kappa shape index (κ2) is 10.9. The quantitative estimate of drug-likeness (QED) is 0.735. The van der Waals surface area contributed by atoms with Crippen molar-refractivity contribution in [1.29, 1.82) is 0 Å². The molecule has 156 valence electrons. The van der Waals surface area contributed by atoms with Gasteiger partial charge in [0.15, 0.2) is 0 Å². The van der Waals surface area contributed by atoms with Gasteiger partial charge in [-0.3, -0.25) is 4.90 Å². The number of carboxylic acids is 2. The van der Waals surface area contributed by atoms with Gasteiger partial charge in [-0.05, 0) is 18.2 Å². The van der Waals surface area contributed by atoms with E-state index >= 15 is 0 Å². The number of carbonyl (C=O) groups is 2. The summed E-state index contributed by atoms with van der Waals surface area (Å²) in [5.74, 6) is -1.92. The Hall–Kier alpha value is -3.26. The number of hydrogen-bond acceptors (Lipinski definition) is 6. The van der Waals surface area contributed by atoms with Crippen molar-refractivity contribution in [3.8, 4) is 11.5 Å². The van der Waals surface area contributed by atoms with Crippen LogP contribution in [0.4, 0.5) is 5.69 Å². The van der Waals surface area contributed by atoms with Crippen LogP contribution in [0.1, 0.15) is 5.56 Å². The Morgan fingerprint density at radius 3 is 2.03 bits per heavy atom. The zero-order valence-electron chi connectivity index (χ0n) is 16.6. The van der Waals surface area contributed by atoms with Crippen LogP contribution in [-0.4, -0.2) is 67.5 Å². The highest BCUT2D eigenvalue weighted by atomic mass is 16.5. The zero-order chi connectivity index (χ0) is 21.2. The third-order valence-corrected chi connectivity index (χ3v) is 4.56. The molecule has 1 saturated heterocycles. The Morgan fingerprint density at radius 2 is 1.52 bits per heavy atom. The number of carboxylic acid groups (broad SMARTS) is 2. The van der Waals surface area contributed by atoms with Gasteiger partial charge >= 0.3 is 11.9 Å². The molecule has 0 amide bonds. The summed E-state index contributed by atoms with van der Waals surface area (Å²) in [6.45, 7) is 5.15. The van der Waals surface area contributed by atoms with Crippen LogP contribution in [0.2, 0.25) is 0 Å². The number of nitrogens with zero attached hydrogens (tertiary/aromatic N) is 2. The lowest BCUT2D eigenvalue weighted by Gasteiger charge is -2.36. The van der Waals surface area contributed by atoms with Crippen LogP contribution in [0.15, 0.2) is 48.5 Å². The summed E-state index contributed by atoms with van der Waals surface area (Å²) in [5, 5.41) is 14.8. The minimum atomic E-state index is -1.82. The molecule has 0 saturated carbocycles. The Labute approximate surface area is 169 Å². The van der Waals surface area contributed by atoms with E-state index < -0.39 is 11.9 Å². The van der Waals surface area contributed by atoms with Crippen LogP contribution in [0.3, 0.4) is 0 Å². The van der Waals surface area contributed by atoms with Crippen LogP contribution in [-0.2, 0) is 16.1 Å². The molecule has 2 aromatic carbocycles. The lowest BCUT2D eigenvalue weighted by atomic mass is 10.1. The first-order valence-corrected chi connectivity index (χ1v) is 9.14. The smallest absolute Gasteiger partial charge is 0.414 e. The molecule has 1 heterocycles. The van der Waals surface area contributed by atoms with E-state index in [1.165, 1.54) is 11.3 Å². The van der Waals surface area contributed by atoms with Crippen molar-refractivity contribution in [2.75, 3.05) is 45.3 Å². The van der Waals surface area contributed by atoms with E-state index in [2.05, 4.69) is 46.2 Å². The highest BCUT2D eigenvalue weighted by Gasteiger charge is 2.18. The van der Waals surface area contributed by atoms with Crippen molar-refractivity contribution >= 4 is 17.6 Å². The molecule has 0 atom stereocenters. The SMILES string of the molecule is COc1ccc(CN2CCN(c3ccccc3)CC2)c(OC)c1.O=C(O)C(=O)O. The van der Waals surface area contributed by atoms with Crippen molar-refractivity contribution in [1.82, 2.24) is 4.90 Å². The number of piperazine rings is 1. The normalized spacial score (nSPS) is 13.8. The second-order valence-electron chi connectivity index (χ2n) is 6.39. The Kier molecular flexibility index (Phi) is 8.29. The molecule has 0 aromatic heterocycles. The van der Waals surface area contributed by atoms with E-state index in [0.717, 1.165) is 44.2 Å². The van der Waals surface area contributed by atoms with Gasteiger partial charge in [-0.25, -0.2) is 9.59 Å². The molecule has 2 aromatic rings. The summed E-state index contributed by atoms with van der Waals surface area (Å²) >= 11 is 0. The standard InChI is InChI=1S/C19H24N2O2.C2H2O4/c1-22-18-9-8-16(19(14-18)23-2)15-20-10-12-21(13-11-20)17-6-4-3-5-7-17;3-1(4)2(5)6/h3-9,14H,10-13,15H2,1-2H3;(H,3,4)(H,5,6). The molecule has 0 unspecified atom stereocenters. The average molecular weight is 402 g/mol. The van der Waals surface area contributed by atoms with E-state index in [-0.39, 0.29) is 0 Å². The number of methoxy groups -OCH3 is 2. The van der Waals surface area contributed by atoms with E-state index in [4.69, 9.17) is 29.3 Å². The number of aliphatic carboxylic acids is 2. The number of ether oxygens (including phenoxy) is 2. The fourth-order valence-electron chi connectivity index (χ4n) is 3.03. The molecule has 0 bridgehead atoms. The Balaban J connectivity index is 0.000000438. The lowest BCUT2D eigenvalue weighted by molar-refractivity contribution is -0.159. The Bertz CT molecular complexity index is 792. The molecule has 8 nitrogen and oxygen atoms in total. The molecule has 1 fully saturated rings. The first-order chi connectivity index (χ1) is 13.9. The van der Waals surface area contributed by atoms with Crippen LogP contribution in [0.25, 0.3) is 0 Å². The predicted octanol–water partition coefficient (Wildman–Crippen LogP) is 2.18. The minimum Gasteiger partial charge on any atom is -0.497 e. The lowest BCUT2D eigenvalue weighted by Crippen LogP contribution is -2.45. The molecule has 0 aliphatic carbocycles. The number of para-hydroxylation sites is 1. The van der Waals surface area contributed by atoms with Crippen LogP contribution in [0.5, 0.6) is 11.5 Å². The van der Waals surface area contributed by atoms with Gasteiger partial charge in [-0.15, -0.1) is 0 Å². The number of rotatable bonds is 5. The molecular weight excluding hydrogens is 376 g/mol. The molecule has 0 radical (unpaired) electrons. The number of anilines is 1. The second-order valence-corrected chi connectivity index (χ2v) is 6.39. The maximum atomic E-state index is 9.10. The van der Waals surface area contributed by atoms with Gasteiger partial charge in [-0.1, -0.05) is 24.3 Å². The van der Waals surface area contributed by atoms with E-state index in [1.807, 2.05) is 12.1 Å². The van der Waals surface area contributed by atoms with Crippen molar-refractivity contribution in [2.45, 2.75) is 6.54 Å². The summed E-state index contributed by atoms with van der Waals surface area (Å²) in [4.78, 5) is 23.1. The summed E-state index contributed by atoms with van der Waals surface area (Å²) < 4.78 is 10.8. The van der Waals surface area contributed by atoms with Crippen molar-refractivity contribution in [2.24, 2.45) is 0 Å². The minimum absolute atomic E-state index is 0.833. The van der Waals surface area contributed by atoms with Crippen molar-refractivity contribution in [3.63, 3.8) is 0 Å². The molecule has 1 aliphatic rings. The topological polar surface area (TPSA) is 99.5 Å². The maximum Gasteiger partial charge on any atom is 0.414 e. The highest BCUT2D eigenvalue weighted by Crippen LogP contribution is 2.26. The first kappa shape index (κ1) is 22.0. The maximum absolute atomic E-state index is 9.10. The van der Waals surface area contributed by atoms with Crippen LogP contribution < -0.4 is 14.4 Å². The number of benzene rings is 2. The monoisotopic (exact) mass is 402 g/mol. The molecule has 8 heteroatoms. The van der Waals surface area contributed by atoms with Crippen molar-refractivity contribution in [3.05, 3.63) is 54.1 Å². The third kappa shape index (κ3) is 6.69. The molecular formula is C21H26N2O6. The van der Waals surface area contributed by atoms with Crippen molar-refractivity contribution < 1.29 is 29.3 Å². The van der Waals surface area contributed by atoms with Gasteiger partial charge in [0.25, 0.3) is 0 Å². The summed E-state index contributed by atoms with van der Waals surface area (Å²) in [6.07, 6.45) is 0. The summed E-state index contributed by atoms with van der Waals surface area (Å²) in [6, 6.07) is 16.7. The summed E-state index contributed by atoms with van der Waals surface area (Å²) in [7, 11) is 3.39. The molecule has 2 N–H and O–H groups in total. The fourth-order valence-corrected chi connectivity index (χ4v) is 3.03. The molecule has 0 spiro atoms. The molecule has 1 aliphatic heterocycles. The predicted molar refractivity (Wildman–Crippen MR) is 109 cm³/mol. The number of hydrogen-bond donors (Lipinski definition) is 2. The van der Waals surface area contributed by atoms with Gasteiger partial charge in [-0.2, -0.15) is 0 Å².